The summed E-state index contributed by atoms with van der Waals surface area (Å²) in [5.74, 6) is 1.90. The number of benzene rings is 5. The van der Waals surface area contributed by atoms with Crippen LogP contribution in [-0.4, -0.2) is 19.5 Å². The number of rotatable bonds is 4. The van der Waals surface area contributed by atoms with Crippen LogP contribution in [0.1, 0.15) is 0 Å². The van der Waals surface area contributed by atoms with E-state index in [4.69, 9.17) is 15.0 Å². The van der Waals surface area contributed by atoms with Gasteiger partial charge in [0.15, 0.2) is 11.6 Å². The Morgan fingerprint density at radius 1 is 0.525 bits per heavy atom. The number of fused-ring (bicyclic) bond motifs is 4. The van der Waals surface area contributed by atoms with E-state index in [0.717, 1.165) is 22.0 Å². The lowest BCUT2D eigenvalue weighted by molar-refractivity contribution is 0.933. The molecule has 188 valence electrons. The topological polar surface area (TPSA) is 43.6 Å². The first-order chi connectivity index (χ1) is 19.8. The van der Waals surface area contributed by atoms with E-state index in [2.05, 4.69) is 71.3 Å². The maximum absolute atomic E-state index is 4.91. The van der Waals surface area contributed by atoms with Crippen LogP contribution < -0.4 is 0 Å². The molecule has 0 radical (unpaired) electrons. The van der Waals surface area contributed by atoms with Crippen molar-refractivity contribution in [1.82, 2.24) is 19.5 Å². The maximum Gasteiger partial charge on any atom is 0.238 e. The molecule has 0 fully saturated rings. The van der Waals surface area contributed by atoms with E-state index in [9.17, 15) is 0 Å². The molecule has 0 aliphatic carbocycles. The molecular formula is C35H22N4S. The molecule has 0 amide bonds. The molecule has 0 spiro atoms. The predicted octanol–water partition coefficient (Wildman–Crippen LogP) is 9.18. The highest BCUT2D eigenvalue weighted by Crippen LogP contribution is 2.40. The van der Waals surface area contributed by atoms with Crippen molar-refractivity contribution in [1.29, 1.82) is 0 Å². The molecule has 8 rings (SSSR count). The van der Waals surface area contributed by atoms with Crippen molar-refractivity contribution >= 4 is 42.4 Å². The molecule has 0 saturated carbocycles. The third-order valence-electron chi connectivity index (χ3n) is 7.31. The molecule has 0 bridgehead atoms. The van der Waals surface area contributed by atoms with Gasteiger partial charge in [-0.1, -0.05) is 103 Å². The normalized spacial score (nSPS) is 11.5. The van der Waals surface area contributed by atoms with Crippen LogP contribution in [0.5, 0.6) is 0 Å². The highest BCUT2D eigenvalue weighted by atomic mass is 32.1. The first kappa shape index (κ1) is 22.8. The van der Waals surface area contributed by atoms with Crippen molar-refractivity contribution in [2.45, 2.75) is 0 Å². The minimum Gasteiger partial charge on any atom is -0.285 e. The lowest BCUT2D eigenvalue weighted by atomic mass is 10.0. The molecule has 5 heteroatoms. The van der Waals surface area contributed by atoms with Crippen molar-refractivity contribution in [2.75, 3.05) is 0 Å². The van der Waals surface area contributed by atoms with Gasteiger partial charge < -0.3 is 0 Å². The molecule has 3 aromatic heterocycles. The molecule has 3 heterocycles. The fourth-order valence-electron chi connectivity index (χ4n) is 5.36. The van der Waals surface area contributed by atoms with Crippen LogP contribution in [0.2, 0.25) is 0 Å². The van der Waals surface area contributed by atoms with Crippen LogP contribution in [0.25, 0.3) is 70.9 Å². The molecule has 0 atom stereocenters. The lowest BCUT2D eigenvalue weighted by Gasteiger charge is -2.10. The van der Waals surface area contributed by atoms with Crippen molar-refractivity contribution in [2.24, 2.45) is 0 Å². The second-order valence-corrected chi connectivity index (χ2v) is 10.8. The lowest BCUT2D eigenvalue weighted by Crippen LogP contribution is -2.05. The average Bonchev–Trinajstić information content (AvgIpc) is 3.63. The monoisotopic (exact) mass is 530 g/mol. The molecule has 40 heavy (non-hydrogen) atoms. The van der Waals surface area contributed by atoms with Gasteiger partial charge in [-0.3, -0.25) is 4.57 Å². The quantitative estimate of drug-likeness (QED) is 0.228. The summed E-state index contributed by atoms with van der Waals surface area (Å²) in [6, 6.07) is 44.2. The summed E-state index contributed by atoms with van der Waals surface area (Å²) >= 11 is 1.86. The zero-order valence-corrected chi connectivity index (χ0v) is 22.2. The Hall–Kier alpha value is -5.13. The molecule has 0 aliphatic rings. The summed E-state index contributed by atoms with van der Waals surface area (Å²) in [6.45, 7) is 0. The zero-order valence-electron chi connectivity index (χ0n) is 21.4. The fraction of sp³-hybridized carbons (Fsp3) is 0. The second kappa shape index (κ2) is 9.26. The van der Waals surface area contributed by atoms with Crippen LogP contribution in [-0.2, 0) is 0 Å². The Kier molecular flexibility index (Phi) is 5.28. The summed E-state index contributed by atoms with van der Waals surface area (Å²) in [5, 5.41) is 3.76. The molecule has 0 N–H and O–H groups in total. The van der Waals surface area contributed by atoms with Gasteiger partial charge in [0.2, 0.25) is 5.95 Å². The van der Waals surface area contributed by atoms with Crippen LogP contribution in [0.3, 0.4) is 0 Å². The Morgan fingerprint density at radius 2 is 1.20 bits per heavy atom. The van der Waals surface area contributed by atoms with Crippen molar-refractivity contribution in [3.63, 3.8) is 0 Å². The van der Waals surface area contributed by atoms with Crippen LogP contribution in [0.15, 0.2) is 134 Å². The van der Waals surface area contributed by atoms with Gasteiger partial charge in [0, 0.05) is 42.9 Å². The van der Waals surface area contributed by atoms with E-state index in [1.54, 1.807) is 0 Å². The molecule has 5 aromatic carbocycles. The van der Waals surface area contributed by atoms with Gasteiger partial charge in [0.05, 0.1) is 5.52 Å². The maximum atomic E-state index is 4.91. The summed E-state index contributed by atoms with van der Waals surface area (Å²) in [4.78, 5) is 14.7. The first-order valence-electron chi connectivity index (χ1n) is 13.2. The highest BCUT2D eigenvalue weighted by molar-refractivity contribution is 7.26. The average molecular weight is 531 g/mol. The smallest absolute Gasteiger partial charge is 0.238 e. The van der Waals surface area contributed by atoms with Crippen LogP contribution >= 0.6 is 11.3 Å². The summed E-state index contributed by atoms with van der Waals surface area (Å²) < 4.78 is 4.69. The van der Waals surface area contributed by atoms with Gasteiger partial charge in [0.1, 0.15) is 0 Å². The Labute approximate surface area is 234 Å². The molecule has 0 unspecified atom stereocenters. The van der Waals surface area contributed by atoms with Crippen LogP contribution in [0.4, 0.5) is 0 Å². The summed E-state index contributed by atoms with van der Waals surface area (Å²) in [6.07, 6.45) is 2.05. The number of aromatic nitrogens is 4. The molecule has 4 nitrogen and oxygen atoms in total. The largest absolute Gasteiger partial charge is 0.285 e. The molecular weight excluding hydrogens is 508 g/mol. The first-order valence-corrected chi connectivity index (χ1v) is 14.0. The van der Waals surface area contributed by atoms with Gasteiger partial charge in [-0.2, -0.15) is 9.97 Å². The van der Waals surface area contributed by atoms with E-state index in [-0.39, 0.29) is 0 Å². The Bertz CT molecular complexity index is 2100. The molecule has 8 aromatic rings. The van der Waals surface area contributed by atoms with E-state index >= 15 is 0 Å². The Balaban J connectivity index is 1.27. The fourth-order valence-corrected chi connectivity index (χ4v) is 6.60. The standard InChI is InChI=1S/C35H22N4S/c1-3-10-23(11-4-1)33-36-34(24-12-5-2-6-13-24)38-35(37-33)39-21-20-26-22-25(18-19-30(26)39)27-15-9-16-29-28-14-7-8-17-31(28)40-32(27)29/h1-22H. The summed E-state index contributed by atoms with van der Waals surface area (Å²) in [7, 11) is 0. The van der Waals surface area contributed by atoms with Gasteiger partial charge >= 0.3 is 0 Å². The van der Waals surface area contributed by atoms with Gasteiger partial charge in [-0.15, -0.1) is 11.3 Å². The van der Waals surface area contributed by atoms with E-state index in [1.807, 2.05) is 78.2 Å². The highest BCUT2D eigenvalue weighted by Gasteiger charge is 2.15. The van der Waals surface area contributed by atoms with Crippen molar-refractivity contribution in [3.8, 4) is 39.9 Å². The predicted molar refractivity (Wildman–Crippen MR) is 166 cm³/mol. The SMILES string of the molecule is c1ccc(-c2nc(-c3ccccc3)nc(-n3ccc4cc(-c5cccc6c5sc5ccccc56)ccc43)n2)cc1. The number of hydrogen-bond donors (Lipinski definition) is 0. The van der Waals surface area contributed by atoms with E-state index < -0.39 is 0 Å². The molecule has 0 saturated heterocycles. The third kappa shape index (κ3) is 3.79. The zero-order chi connectivity index (χ0) is 26.5. The van der Waals surface area contributed by atoms with Crippen molar-refractivity contribution < 1.29 is 0 Å². The minimum absolute atomic E-state index is 0.599. The van der Waals surface area contributed by atoms with E-state index in [0.29, 0.717) is 17.6 Å². The van der Waals surface area contributed by atoms with E-state index in [1.165, 1.54) is 31.3 Å². The number of thiophene rings is 1. The summed E-state index contributed by atoms with van der Waals surface area (Å²) in [5.41, 5.74) is 5.42. The van der Waals surface area contributed by atoms with Crippen molar-refractivity contribution in [3.05, 3.63) is 134 Å². The minimum atomic E-state index is 0.599. The van der Waals surface area contributed by atoms with Gasteiger partial charge in [0.25, 0.3) is 0 Å². The second-order valence-electron chi connectivity index (χ2n) is 9.75. The number of nitrogens with zero attached hydrogens (tertiary/aromatic N) is 4. The molecule has 0 aliphatic heterocycles. The van der Waals surface area contributed by atoms with Gasteiger partial charge in [-0.25, -0.2) is 4.98 Å². The number of hydrogen-bond acceptors (Lipinski definition) is 4. The Morgan fingerprint density at radius 3 is 1.95 bits per heavy atom. The van der Waals surface area contributed by atoms with Gasteiger partial charge in [-0.05, 0) is 35.4 Å². The third-order valence-corrected chi connectivity index (χ3v) is 8.53. The van der Waals surface area contributed by atoms with Crippen LogP contribution in [0, 0.1) is 0 Å².